The van der Waals surface area contributed by atoms with E-state index in [1.165, 1.54) is 6.92 Å². The Kier molecular flexibility index (Phi) is 8.52. The predicted octanol–water partition coefficient (Wildman–Crippen LogP) is -3.22. The van der Waals surface area contributed by atoms with Crippen molar-refractivity contribution in [1.82, 2.24) is 0 Å². The fourth-order valence-corrected chi connectivity index (χ4v) is 0.779. The van der Waals surface area contributed by atoms with E-state index in [4.69, 9.17) is 0 Å². The molecule has 0 radical (unpaired) electrons. The molecule has 7 heteroatoms. The number of ketones is 1. The van der Waals surface area contributed by atoms with Crippen molar-refractivity contribution in [2.45, 2.75) is 13.3 Å². The summed E-state index contributed by atoms with van der Waals surface area (Å²) in [4.78, 5) is 10.2. The maximum atomic E-state index is 10.2. The molecule has 0 bridgehead atoms. The van der Waals surface area contributed by atoms with Gasteiger partial charge in [-0.15, -0.1) is 0 Å². The summed E-state index contributed by atoms with van der Waals surface area (Å²) in [5, 5.41) is 0. The van der Waals surface area contributed by atoms with Gasteiger partial charge in [-0.3, -0.25) is 8.98 Å². The molecule has 0 aliphatic heterocycles. The molecular weight excluding hydrogens is 199 g/mol. The Morgan fingerprint density at radius 3 is 2.45 bits per heavy atom. The molecule has 4 nitrogen and oxygen atoms in total. The van der Waals surface area contributed by atoms with Crippen LogP contribution in [-0.4, -0.2) is 21.2 Å². The van der Waals surface area contributed by atoms with Gasteiger partial charge in [0.15, 0.2) is 0 Å². The molecule has 0 N–H and O–H groups in total. The number of rotatable bonds is 4. The quantitative estimate of drug-likeness (QED) is 0.453. The summed E-state index contributed by atoms with van der Waals surface area (Å²) in [7, 11) is -3.79. The van der Waals surface area contributed by atoms with Gasteiger partial charge in [0.2, 0.25) is 0 Å². The minimum absolute atomic E-state index is 0. The van der Waals surface area contributed by atoms with Gasteiger partial charge in [0.1, 0.15) is 5.78 Å². The SMILES string of the molecule is CC(=O)CCOS(=O)([O-])=S.[Na+]. The molecule has 0 amide bonds. The minimum Gasteiger partial charge on any atom is -0.748 e. The van der Waals surface area contributed by atoms with Crippen molar-refractivity contribution < 1.29 is 47.3 Å². The number of hydrogen-bond acceptors (Lipinski definition) is 5. The molecule has 0 aromatic rings. The Morgan fingerprint density at radius 1 is 1.73 bits per heavy atom. The average Bonchev–Trinajstić information content (AvgIpc) is 1.59. The Balaban J connectivity index is 0. The second-order valence-electron chi connectivity index (χ2n) is 1.68. The van der Waals surface area contributed by atoms with E-state index >= 15 is 0 Å². The van der Waals surface area contributed by atoms with Gasteiger partial charge in [-0.25, -0.2) is 4.21 Å². The van der Waals surface area contributed by atoms with Gasteiger partial charge in [-0.1, -0.05) is 0 Å². The summed E-state index contributed by atoms with van der Waals surface area (Å²) in [6, 6.07) is 0. The van der Waals surface area contributed by atoms with Crippen LogP contribution >= 0.6 is 0 Å². The number of carbonyl (C=O) groups excluding carboxylic acids is 1. The van der Waals surface area contributed by atoms with Crippen LogP contribution in [0.2, 0.25) is 0 Å². The third-order valence-electron chi connectivity index (χ3n) is 0.682. The average molecular weight is 206 g/mol. The first-order valence-corrected chi connectivity index (χ1v) is 4.85. The Bertz CT molecular complexity index is 210. The van der Waals surface area contributed by atoms with Crippen LogP contribution in [0.5, 0.6) is 0 Å². The van der Waals surface area contributed by atoms with E-state index in [0.29, 0.717) is 0 Å². The standard InChI is InChI=1S/C4H8O4S2.Na/c1-4(5)2-3-8-10(6,7)9;/h2-3H2,1H3,(H,6,7,9);/q;+1/p-1. The van der Waals surface area contributed by atoms with Gasteiger partial charge in [0, 0.05) is 6.42 Å². The molecule has 1 unspecified atom stereocenters. The van der Waals surface area contributed by atoms with Crippen LogP contribution in [0.1, 0.15) is 13.3 Å². The Hall–Kier alpha value is 0.960. The molecule has 11 heavy (non-hydrogen) atoms. The molecule has 0 fully saturated rings. The minimum atomic E-state index is -3.79. The maximum absolute atomic E-state index is 10.2. The van der Waals surface area contributed by atoms with Crippen LogP contribution < -0.4 is 29.6 Å². The smallest absolute Gasteiger partial charge is 0.748 e. The topological polar surface area (TPSA) is 66.4 Å². The second-order valence-corrected chi connectivity index (χ2v) is 3.96. The van der Waals surface area contributed by atoms with Gasteiger partial charge in [0.25, 0.3) is 0 Å². The van der Waals surface area contributed by atoms with Crippen LogP contribution in [0.3, 0.4) is 0 Å². The zero-order chi connectivity index (χ0) is 8.20. The van der Waals surface area contributed by atoms with Gasteiger partial charge in [-0.2, -0.15) is 0 Å². The first-order valence-electron chi connectivity index (χ1n) is 2.51. The molecule has 0 spiro atoms. The molecule has 0 rings (SSSR count). The normalized spacial score (nSPS) is 14.7. The maximum Gasteiger partial charge on any atom is 1.00 e. The molecule has 0 aliphatic carbocycles. The van der Waals surface area contributed by atoms with Crippen LogP contribution in [-0.2, 0) is 29.2 Å². The van der Waals surface area contributed by atoms with E-state index in [0.717, 1.165) is 0 Å². The first-order chi connectivity index (χ1) is 4.42. The van der Waals surface area contributed by atoms with Crippen molar-refractivity contribution in [3.8, 4) is 0 Å². The first kappa shape index (κ1) is 14.5. The Morgan fingerprint density at radius 2 is 2.18 bits per heavy atom. The summed E-state index contributed by atoms with van der Waals surface area (Å²) in [5.41, 5.74) is 0. The monoisotopic (exact) mass is 206 g/mol. The third kappa shape index (κ3) is 13.9. The zero-order valence-corrected chi connectivity index (χ0v) is 10.00. The van der Waals surface area contributed by atoms with Gasteiger partial charge < -0.3 is 4.55 Å². The van der Waals surface area contributed by atoms with Crippen molar-refractivity contribution in [3.05, 3.63) is 0 Å². The van der Waals surface area contributed by atoms with E-state index < -0.39 is 9.05 Å². The van der Waals surface area contributed by atoms with E-state index in [9.17, 15) is 13.6 Å². The predicted molar refractivity (Wildman–Crippen MR) is 37.5 cm³/mol. The fraction of sp³-hybridized carbons (Fsp3) is 0.750. The van der Waals surface area contributed by atoms with Crippen molar-refractivity contribution in [1.29, 1.82) is 0 Å². The second kappa shape index (κ2) is 6.47. The number of carbonyl (C=O) groups is 1. The Labute approximate surface area is 92.7 Å². The summed E-state index contributed by atoms with van der Waals surface area (Å²) < 4.78 is 24.3. The molecule has 0 saturated heterocycles. The van der Waals surface area contributed by atoms with Crippen LogP contribution in [0.15, 0.2) is 0 Å². The summed E-state index contributed by atoms with van der Waals surface area (Å²) in [5.74, 6) is -0.126. The summed E-state index contributed by atoms with van der Waals surface area (Å²) in [6.45, 7) is 1.19. The molecular formula is C4H7NaO4S2. The third-order valence-corrected chi connectivity index (χ3v) is 1.43. The fourth-order valence-electron chi connectivity index (χ4n) is 0.287. The van der Waals surface area contributed by atoms with Crippen molar-refractivity contribution in [2.24, 2.45) is 0 Å². The molecule has 0 saturated carbocycles. The molecule has 0 aromatic carbocycles. The van der Waals surface area contributed by atoms with Crippen LogP contribution in [0, 0.1) is 0 Å². The van der Waals surface area contributed by atoms with E-state index in [2.05, 4.69) is 15.4 Å². The van der Waals surface area contributed by atoms with E-state index in [1.54, 1.807) is 0 Å². The zero-order valence-electron chi connectivity index (χ0n) is 6.36. The summed E-state index contributed by atoms with van der Waals surface area (Å²) >= 11 is 3.88. The molecule has 60 valence electrons. The van der Waals surface area contributed by atoms with Crippen LogP contribution in [0.25, 0.3) is 0 Å². The van der Waals surface area contributed by atoms with Gasteiger partial charge >= 0.3 is 29.6 Å². The number of Topliss-reactive ketones (excluding diaryl/α,β-unsaturated/α-hetero) is 1. The van der Waals surface area contributed by atoms with Crippen LogP contribution in [0.4, 0.5) is 0 Å². The van der Waals surface area contributed by atoms with Gasteiger partial charge in [0.05, 0.1) is 15.7 Å². The number of hydrogen-bond donors (Lipinski definition) is 0. The molecule has 1 atom stereocenters. The summed E-state index contributed by atoms with van der Waals surface area (Å²) in [6.07, 6.45) is 0.0792. The van der Waals surface area contributed by atoms with Crippen molar-refractivity contribution in [2.75, 3.05) is 6.61 Å². The van der Waals surface area contributed by atoms with E-state index in [-0.39, 0.29) is 48.4 Å². The molecule has 0 aromatic heterocycles. The molecule has 0 heterocycles. The van der Waals surface area contributed by atoms with Gasteiger partial charge in [-0.05, 0) is 18.1 Å². The molecule has 0 aliphatic rings. The largest absolute Gasteiger partial charge is 1.00 e. The van der Waals surface area contributed by atoms with Crippen molar-refractivity contribution in [3.63, 3.8) is 0 Å². The van der Waals surface area contributed by atoms with Crippen molar-refractivity contribution >= 4 is 26.0 Å². The van der Waals surface area contributed by atoms with E-state index in [1.807, 2.05) is 0 Å².